The second-order valence-corrected chi connectivity index (χ2v) is 7.09. The monoisotopic (exact) mass is 339 g/mol. The molecular formula is C17H29N3O4. The molecule has 0 heterocycles. The Balaban J connectivity index is 1.57. The minimum atomic E-state index is -0.879. The van der Waals surface area contributed by atoms with Crippen LogP contribution in [0.4, 0.5) is 4.79 Å². The lowest BCUT2D eigenvalue weighted by atomic mass is 9.74. The first-order chi connectivity index (χ1) is 11.5. The lowest BCUT2D eigenvalue weighted by Crippen LogP contribution is -2.54. The molecule has 4 N–H and O–H groups in total. The molecule has 2 saturated carbocycles. The first kappa shape index (κ1) is 18.5. The second kappa shape index (κ2) is 8.89. The summed E-state index contributed by atoms with van der Waals surface area (Å²) in [5.74, 6) is -1.01. The molecule has 7 nitrogen and oxygen atoms in total. The van der Waals surface area contributed by atoms with Gasteiger partial charge in [-0.05, 0) is 38.5 Å². The number of carbonyl (C=O) groups is 3. The first-order valence-electron chi connectivity index (χ1n) is 9.06. The Morgan fingerprint density at radius 2 is 1.75 bits per heavy atom. The molecule has 0 radical (unpaired) electrons. The molecule has 0 atom stereocenters. The predicted octanol–water partition coefficient (Wildman–Crippen LogP) is 1.91. The van der Waals surface area contributed by atoms with E-state index in [1.807, 2.05) is 0 Å². The van der Waals surface area contributed by atoms with E-state index in [2.05, 4.69) is 16.0 Å². The fraction of sp³-hybridized carbons (Fsp3) is 0.824. The molecule has 24 heavy (non-hydrogen) atoms. The number of hydrogen-bond donors (Lipinski definition) is 4. The van der Waals surface area contributed by atoms with Gasteiger partial charge in [0.05, 0.1) is 12.0 Å². The Morgan fingerprint density at radius 3 is 2.33 bits per heavy atom. The van der Waals surface area contributed by atoms with Gasteiger partial charge in [-0.25, -0.2) is 4.79 Å². The van der Waals surface area contributed by atoms with Crippen LogP contribution in [0.15, 0.2) is 0 Å². The Kier molecular flexibility index (Phi) is 6.87. The third-order valence-electron chi connectivity index (χ3n) is 5.01. The van der Waals surface area contributed by atoms with E-state index in [4.69, 9.17) is 5.11 Å². The maximum atomic E-state index is 12.0. The van der Waals surface area contributed by atoms with Crippen LogP contribution in [0.5, 0.6) is 0 Å². The van der Waals surface area contributed by atoms with Crippen LogP contribution in [-0.4, -0.2) is 41.1 Å². The van der Waals surface area contributed by atoms with Crippen molar-refractivity contribution in [1.82, 2.24) is 16.0 Å². The number of urea groups is 1. The summed E-state index contributed by atoms with van der Waals surface area (Å²) in [7, 11) is 0. The van der Waals surface area contributed by atoms with Gasteiger partial charge in [-0.2, -0.15) is 0 Å². The SMILES string of the molecule is O=C(O)CC1(NC(=O)CCCNC(=O)NC2CCCCC2)CCC1. The van der Waals surface area contributed by atoms with Gasteiger partial charge in [-0.1, -0.05) is 19.3 Å². The van der Waals surface area contributed by atoms with Gasteiger partial charge in [0.15, 0.2) is 0 Å². The number of rotatable bonds is 8. The van der Waals surface area contributed by atoms with E-state index in [9.17, 15) is 14.4 Å². The van der Waals surface area contributed by atoms with Crippen LogP contribution in [0.25, 0.3) is 0 Å². The molecule has 0 aromatic heterocycles. The molecule has 0 bridgehead atoms. The van der Waals surface area contributed by atoms with Crippen molar-refractivity contribution < 1.29 is 19.5 Å². The number of hydrogen-bond acceptors (Lipinski definition) is 3. The lowest BCUT2D eigenvalue weighted by molar-refractivity contribution is -0.140. The zero-order valence-electron chi connectivity index (χ0n) is 14.2. The second-order valence-electron chi connectivity index (χ2n) is 7.09. The van der Waals surface area contributed by atoms with Gasteiger partial charge in [0.2, 0.25) is 5.91 Å². The summed E-state index contributed by atoms with van der Waals surface area (Å²) >= 11 is 0. The Morgan fingerprint density at radius 1 is 1.04 bits per heavy atom. The topological polar surface area (TPSA) is 108 Å². The molecular weight excluding hydrogens is 310 g/mol. The first-order valence-corrected chi connectivity index (χ1v) is 9.06. The summed E-state index contributed by atoms with van der Waals surface area (Å²) in [5, 5.41) is 17.6. The number of carboxylic acids is 1. The third-order valence-corrected chi connectivity index (χ3v) is 5.01. The summed E-state index contributed by atoms with van der Waals surface area (Å²) in [4.78, 5) is 34.6. The van der Waals surface area contributed by atoms with Gasteiger partial charge >= 0.3 is 12.0 Å². The van der Waals surface area contributed by atoms with Crippen molar-refractivity contribution in [3.63, 3.8) is 0 Å². The molecule has 0 aromatic rings. The molecule has 2 rings (SSSR count). The van der Waals surface area contributed by atoms with E-state index in [1.165, 1.54) is 19.3 Å². The van der Waals surface area contributed by atoms with E-state index in [0.717, 1.165) is 32.1 Å². The van der Waals surface area contributed by atoms with Crippen molar-refractivity contribution >= 4 is 17.9 Å². The number of carbonyl (C=O) groups excluding carboxylic acids is 2. The summed E-state index contributed by atoms with van der Waals surface area (Å²) < 4.78 is 0. The van der Waals surface area contributed by atoms with Crippen molar-refractivity contribution in [3.05, 3.63) is 0 Å². The smallest absolute Gasteiger partial charge is 0.315 e. The molecule has 3 amide bonds. The highest BCUT2D eigenvalue weighted by Gasteiger charge is 2.40. The normalized spacial score (nSPS) is 19.8. The van der Waals surface area contributed by atoms with Crippen LogP contribution in [-0.2, 0) is 9.59 Å². The van der Waals surface area contributed by atoms with Gasteiger partial charge in [0.25, 0.3) is 0 Å². The molecule has 2 aliphatic rings. The average Bonchev–Trinajstić information content (AvgIpc) is 2.50. The molecule has 0 spiro atoms. The number of amides is 3. The van der Waals surface area contributed by atoms with Gasteiger partial charge in [0, 0.05) is 19.0 Å². The van der Waals surface area contributed by atoms with Crippen LogP contribution in [0.3, 0.4) is 0 Å². The summed E-state index contributed by atoms with van der Waals surface area (Å²) in [6, 6.07) is 0.111. The van der Waals surface area contributed by atoms with Crippen LogP contribution in [0.2, 0.25) is 0 Å². The quantitative estimate of drug-likeness (QED) is 0.507. The Hall–Kier alpha value is -1.79. The van der Waals surface area contributed by atoms with Gasteiger partial charge in [0.1, 0.15) is 0 Å². The summed E-state index contributed by atoms with van der Waals surface area (Å²) in [6.07, 6.45) is 8.92. The van der Waals surface area contributed by atoms with E-state index in [0.29, 0.717) is 19.4 Å². The van der Waals surface area contributed by atoms with Gasteiger partial charge < -0.3 is 21.1 Å². The highest BCUT2D eigenvalue weighted by Crippen LogP contribution is 2.35. The fourth-order valence-corrected chi connectivity index (χ4v) is 3.53. The molecule has 0 aliphatic heterocycles. The summed E-state index contributed by atoms with van der Waals surface area (Å²) in [6.45, 7) is 0.442. The molecule has 136 valence electrons. The minimum Gasteiger partial charge on any atom is -0.481 e. The lowest BCUT2D eigenvalue weighted by Gasteiger charge is -2.41. The highest BCUT2D eigenvalue weighted by molar-refractivity contribution is 5.78. The maximum absolute atomic E-state index is 12.0. The Labute approximate surface area is 142 Å². The molecule has 7 heteroatoms. The number of nitrogens with one attached hydrogen (secondary N) is 3. The van der Waals surface area contributed by atoms with Crippen molar-refractivity contribution in [3.8, 4) is 0 Å². The van der Waals surface area contributed by atoms with Gasteiger partial charge in [-0.3, -0.25) is 9.59 Å². The van der Waals surface area contributed by atoms with Crippen molar-refractivity contribution in [2.45, 2.75) is 82.2 Å². The Bertz CT molecular complexity index is 457. The highest BCUT2D eigenvalue weighted by atomic mass is 16.4. The third kappa shape index (κ3) is 6.02. The molecule has 2 aliphatic carbocycles. The van der Waals surface area contributed by atoms with Crippen LogP contribution in [0, 0.1) is 0 Å². The van der Waals surface area contributed by atoms with Crippen LogP contribution >= 0.6 is 0 Å². The van der Waals surface area contributed by atoms with Crippen LogP contribution < -0.4 is 16.0 Å². The fourth-order valence-electron chi connectivity index (χ4n) is 3.53. The minimum absolute atomic E-state index is 0.0131. The average molecular weight is 339 g/mol. The zero-order valence-corrected chi connectivity index (χ0v) is 14.2. The van der Waals surface area contributed by atoms with Crippen molar-refractivity contribution in [2.24, 2.45) is 0 Å². The number of carboxylic acid groups (broad SMARTS) is 1. The van der Waals surface area contributed by atoms with Gasteiger partial charge in [-0.15, -0.1) is 0 Å². The predicted molar refractivity (Wildman–Crippen MR) is 89.6 cm³/mol. The van der Waals surface area contributed by atoms with Crippen molar-refractivity contribution in [2.75, 3.05) is 6.54 Å². The molecule has 2 fully saturated rings. The maximum Gasteiger partial charge on any atom is 0.315 e. The van der Waals surface area contributed by atoms with Crippen molar-refractivity contribution in [1.29, 1.82) is 0 Å². The largest absolute Gasteiger partial charge is 0.481 e. The molecule has 0 saturated heterocycles. The van der Waals surface area contributed by atoms with Crippen LogP contribution in [0.1, 0.15) is 70.6 Å². The van der Waals surface area contributed by atoms with E-state index in [-0.39, 0.29) is 24.4 Å². The summed E-state index contributed by atoms with van der Waals surface area (Å²) in [5.41, 5.74) is -0.547. The van der Waals surface area contributed by atoms with E-state index in [1.54, 1.807) is 0 Å². The molecule has 0 unspecified atom stereocenters. The molecule has 0 aromatic carbocycles. The zero-order chi connectivity index (χ0) is 17.4. The standard InChI is InChI=1S/C17H29N3O4/c21-14(20-17(9-5-10-17)12-15(22)23)8-4-11-18-16(24)19-13-6-2-1-3-7-13/h13H,1-12H2,(H,20,21)(H,22,23)(H2,18,19,24). The number of aliphatic carboxylic acids is 1. The van der Waals surface area contributed by atoms with E-state index < -0.39 is 11.5 Å². The van der Waals surface area contributed by atoms with E-state index >= 15 is 0 Å².